The van der Waals surface area contributed by atoms with Gasteiger partial charge in [-0.05, 0) is 109 Å². The molecule has 366 valence electrons. The van der Waals surface area contributed by atoms with Crippen molar-refractivity contribution in [3.63, 3.8) is 0 Å². The number of hydrogen-bond acceptors (Lipinski definition) is 6. The molecule has 1 atom stereocenters. The van der Waals surface area contributed by atoms with Gasteiger partial charge in [0.2, 0.25) is 0 Å². The molecule has 0 aromatic heterocycles. The third kappa shape index (κ3) is 50.7. The minimum atomic E-state index is -0.845. The van der Waals surface area contributed by atoms with Crippen molar-refractivity contribution in [1.82, 2.24) is 0 Å². The molecule has 1 unspecified atom stereocenters. The predicted octanol–water partition coefficient (Wildman–Crippen LogP) is 17.3. The van der Waals surface area contributed by atoms with Crippen LogP contribution in [-0.4, -0.2) is 37.2 Å². The Kier molecular flexibility index (Phi) is 49.1. The zero-order valence-electron chi connectivity index (χ0n) is 41.7. The standard InChI is InChI=1S/C59H94O6/c1-4-7-10-13-16-19-22-25-28-29-32-34-37-40-43-46-49-52-58(61)64-55-56(65-59(62)53-50-47-44-41-38-35-31-27-24-21-18-15-12-9-6-3)54-63-57(60)51-48-45-42-39-36-33-30-26-23-20-17-14-11-8-5-2/h7,9-10,12,16-21,25-28,30-31,38,41,47,50,56H,4-6,8,11,13-15,22-24,29,32-37,39-40,42-46,48-49,51-55H2,1-3H3/b10-7-,12-9-,19-16-,20-17-,21-18-,28-25-,30-26-,31-27-,41-38-,50-47-. The fourth-order valence-corrected chi connectivity index (χ4v) is 6.62. The zero-order valence-corrected chi connectivity index (χ0v) is 41.7. The van der Waals surface area contributed by atoms with Crippen LogP contribution >= 0.6 is 0 Å². The molecule has 0 saturated heterocycles. The van der Waals surface area contributed by atoms with Gasteiger partial charge in [0, 0.05) is 12.8 Å². The van der Waals surface area contributed by atoms with Crippen molar-refractivity contribution in [2.24, 2.45) is 0 Å². The zero-order chi connectivity index (χ0) is 47.2. The van der Waals surface area contributed by atoms with E-state index in [0.717, 1.165) is 116 Å². The highest BCUT2D eigenvalue weighted by molar-refractivity contribution is 5.72. The first-order chi connectivity index (χ1) is 32.0. The summed E-state index contributed by atoms with van der Waals surface area (Å²) in [6.07, 6.45) is 72.0. The van der Waals surface area contributed by atoms with Crippen molar-refractivity contribution in [2.75, 3.05) is 13.2 Å². The molecule has 65 heavy (non-hydrogen) atoms. The quantitative estimate of drug-likeness (QED) is 0.0262. The number of allylic oxidation sites excluding steroid dienone is 19. The second kappa shape index (κ2) is 52.4. The van der Waals surface area contributed by atoms with Gasteiger partial charge in [0.15, 0.2) is 6.10 Å². The normalized spacial score (nSPS) is 13.1. The lowest BCUT2D eigenvalue weighted by Crippen LogP contribution is -2.30. The van der Waals surface area contributed by atoms with Gasteiger partial charge in [0.1, 0.15) is 13.2 Å². The molecule has 0 spiro atoms. The maximum Gasteiger partial charge on any atom is 0.310 e. The fourth-order valence-electron chi connectivity index (χ4n) is 6.62. The SMILES string of the molecule is CC/C=C\C/C=C\C/C=C\C/C=C\C/C=C\CC(=O)OC(COC(=O)CCCCCCC/C=C\C/C=C\CCCCC)COC(=O)CCCCCCCCC/C=C\C/C=C\C/C=C\CC. The molecule has 0 bridgehead atoms. The van der Waals surface area contributed by atoms with Gasteiger partial charge in [-0.3, -0.25) is 14.4 Å². The Hall–Kier alpha value is -4.19. The van der Waals surface area contributed by atoms with Crippen molar-refractivity contribution in [1.29, 1.82) is 0 Å². The average molecular weight is 899 g/mol. The van der Waals surface area contributed by atoms with Crippen LogP contribution in [0.25, 0.3) is 0 Å². The maximum atomic E-state index is 12.7. The molecule has 6 heteroatoms. The molecule has 6 nitrogen and oxygen atoms in total. The summed E-state index contributed by atoms with van der Waals surface area (Å²) in [6, 6.07) is 0. The second-order valence-electron chi connectivity index (χ2n) is 16.7. The van der Waals surface area contributed by atoms with Crippen molar-refractivity contribution in [3.8, 4) is 0 Å². The highest BCUT2D eigenvalue weighted by Gasteiger charge is 2.19. The summed E-state index contributed by atoms with van der Waals surface area (Å²) in [5.74, 6) is -1.09. The van der Waals surface area contributed by atoms with Crippen LogP contribution in [0.15, 0.2) is 122 Å². The van der Waals surface area contributed by atoms with E-state index >= 15 is 0 Å². The van der Waals surface area contributed by atoms with Crippen molar-refractivity contribution in [2.45, 2.75) is 219 Å². The van der Waals surface area contributed by atoms with E-state index in [1.54, 1.807) is 6.08 Å². The molecule has 0 amide bonds. The van der Waals surface area contributed by atoms with E-state index in [1.165, 1.54) is 51.4 Å². The van der Waals surface area contributed by atoms with Crippen LogP contribution in [0.4, 0.5) is 0 Å². The third-order valence-corrected chi connectivity index (χ3v) is 10.5. The number of esters is 3. The van der Waals surface area contributed by atoms with Gasteiger partial charge in [0.05, 0.1) is 6.42 Å². The number of hydrogen-bond donors (Lipinski definition) is 0. The molecule has 0 aromatic carbocycles. The summed E-state index contributed by atoms with van der Waals surface area (Å²) >= 11 is 0. The Bertz CT molecular complexity index is 1400. The second-order valence-corrected chi connectivity index (χ2v) is 16.7. The Morgan fingerprint density at radius 2 is 0.646 bits per heavy atom. The largest absolute Gasteiger partial charge is 0.462 e. The molecule has 0 aliphatic heterocycles. The van der Waals surface area contributed by atoms with Gasteiger partial charge in [-0.15, -0.1) is 0 Å². The molecule has 0 radical (unpaired) electrons. The van der Waals surface area contributed by atoms with Crippen LogP contribution in [0, 0.1) is 0 Å². The van der Waals surface area contributed by atoms with E-state index < -0.39 is 12.1 Å². The fraction of sp³-hybridized carbons (Fsp3) is 0.610. The van der Waals surface area contributed by atoms with Gasteiger partial charge in [-0.2, -0.15) is 0 Å². The number of unbranched alkanes of at least 4 members (excludes halogenated alkanes) is 15. The summed E-state index contributed by atoms with van der Waals surface area (Å²) in [5, 5.41) is 0. The van der Waals surface area contributed by atoms with E-state index in [9.17, 15) is 14.4 Å². The summed E-state index contributed by atoms with van der Waals surface area (Å²) < 4.78 is 16.7. The van der Waals surface area contributed by atoms with Crippen molar-refractivity contribution < 1.29 is 28.6 Å². The molecular formula is C59H94O6. The first kappa shape index (κ1) is 60.8. The van der Waals surface area contributed by atoms with Gasteiger partial charge in [0.25, 0.3) is 0 Å². The van der Waals surface area contributed by atoms with E-state index in [4.69, 9.17) is 14.2 Å². The van der Waals surface area contributed by atoms with Crippen LogP contribution in [0.2, 0.25) is 0 Å². The van der Waals surface area contributed by atoms with Crippen LogP contribution in [-0.2, 0) is 28.6 Å². The lowest BCUT2D eigenvalue weighted by molar-refractivity contribution is -0.166. The van der Waals surface area contributed by atoms with Gasteiger partial charge < -0.3 is 14.2 Å². The molecule has 0 aliphatic rings. The van der Waals surface area contributed by atoms with E-state index in [2.05, 4.69) is 130 Å². The first-order valence-electron chi connectivity index (χ1n) is 26.0. The Balaban J connectivity index is 4.56. The van der Waals surface area contributed by atoms with E-state index in [-0.39, 0.29) is 31.6 Å². The van der Waals surface area contributed by atoms with Crippen molar-refractivity contribution >= 4 is 17.9 Å². The highest BCUT2D eigenvalue weighted by atomic mass is 16.6. The Morgan fingerprint density at radius 1 is 0.338 bits per heavy atom. The van der Waals surface area contributed by atoms with Crippen LogP contribution in [0.3, 0.4) is 0 Å². The summed E-state index contributed by atoms with van der Waals surface area (Å²) in [5.41, 5.74) is 0. The molecule has 0 rings (SSSR count). The van der Waals surface area contributed by atoms with Crippen LogP contribution in [0.5, 0.6) is 0 Å². The smallest absolute Gasteiger partial charge is 0.310 e. The molecule has 0 N–H and O–H groups in total. The number of ether oxygens (including phenoxy) is 3. The highest BCUT2D eigenvalue weighted by Crippen LogP contribution is 2.13. The monoisotopic (exact) mass is 899 g/mol. The summed E-state index contributed by atoms with van der Waals surface area (Å²) in [7, 11) is 0. The lowest BCUT2D eigenvalue weighted by Gasteiger charge is -2.18. The third-order valence-electron chi connectivity index (χ3n) is 10.5. The lowest BCUT2D eigenvalue weighted by atomic mass is 10.1. The van der Waals surface area contributed by atoms with E-state index in [0.29, 0.717) is 19.3 Å². The minimum absolute atomic E-state index is 0.0869. The van der Waals surface area contributed by atoms with Gasteiger partial charge >= 0.3 is 17.9 Å². The average Bonchev–Trinajstić information content (AvgIpc) is 3.30. The molecule has 0 aliphatic carbocycles. The summed E-state index contributed by atoms with van der Waals surface area (Å²) in [6.45, 7) is 6.27. The topological polar surface area (TPSA) is 78.9 Å². The number of carbonyl (C=O) groups is 3. The Morgan fingerprint density at radius 3 is 1.02 bits per heavy atom. The molecule has 0 aromatic rings. The molecule has 0 saturated carbocycles. The van der Waals surface area contributed by atoms with Crippen LogP contribution < -0.4 is 0 Å². The molecule has 0 fully saturated rings. The van der Waals surface area contributed by atoms with Crippen molar-refractivity contribution in [3.05, 3.63) is 122 Å². The van der Waals surface area contributed by atoms with Gasteiger partial charge in [-0.25, -0.2) is 0 Å². The maximum absolute atomic E-state index is 12.7. The minimum Gasteiger partial charge on any atom is -0.462 e. The summed E-state index contributed by atoms with van der Waals surface area (Å²) in [4.78, 5) is 38.0. The van der Waals surface area contributed by atoms with E-state index in [1.807, 2.05) is 6.08 Å². The van der Waals surface area contributed by atoms with Gasteiger partial charge in [-0.1, -0.05) is 206 Å². The predicted molar refractivity (Wildman–Crippen MR) is 279 cm³/mol. The molecular weight excluding hydrogens is 805 g/mol. The number of rotatable bonds is 45. The number of carbonyl (C=O) groups excluding carboxylic acids is 3. The Labute approximate surface area is 399 Å². The first-order valence-corrected chi connectivity index (χ1v) is 26.0. The molecule has 0 heterocycles. The van der Waals surface area contributed by atoms with Crippen LogP contribution in [0.1, 0.15) is 213 Å².